The molecule has 0 heterocycles. The van der Waals surface area contributed by atoms with Gasteiger partial charge in [-0.3, -0.25) is 0 Å². The molecule has 0 amide bonds. The summed E-state index contributed by atoms with van der Waals surface area (Å²) in [4.78, 5) is 2.03. The Labute approximate surface area is 159 Å². The second-order valence-corrected chi connectivity index (χ2v) is 8.06. The predicted octanol–water partition coefficient (Wildman–Crippen LogP) is 4.25. The van der Waals surface area contributed by atoms with E-state index in [0.717, 1.165) is 17.6 Å². The summed E-state index contributed by atoms with van der Waals surface area (Å²) in [5.41, 5.74) is 2.57. The number of sulfonamides is 1. The van der Waals surface area contributed by atoms with Crippen molar-refractivity contribution in [2.45, 2.75) is 6.04 Å². The van der Waals surface area contributed by atoms with Crippen LogP contribution in [0.25, 0.3) is 0 Å². The van der Waals surface area contributed by atoms with Crippen molar-refractivity contribution in [3.05, 3.63) is 96.3 Å². The van der Waals surface area contributed by atoms with Crippen LogP contribution in [0.1, 0.15) is 11.6 Å². The van der Waals surface area contributed by atoms with E-state index in [4.69, 9.17) is 0 Å². The number of nitrogens with zero attached hydrogens (tertiary/aromatic N) is 1. The molecule has 0 aliphatic rings. The van der Waals surface area contributed by atoms with Gasteiger partial charge in [0.05, 0.1) is 12.3 Å². The number of rotatable bonds is 7. The summed E-state index contributed by atoms with van der Waals surface area (Å²) in [6, 6.07) is 24.8. The largest absolute Gasteiger partial charge is 0.340 e. The molecule has 140 valence electrons. The van der Waals surface area contributed by atoms with Gasteiger partial charge in [0, 0.05) is 17.9 Å². The van der Waals surface area contributed by atoms with E-state index < -0.39 is 16.1 Å². The van der Waals surface area contributed by atoms with Crippen LogP contribution in [0.5, 0.6) is 0 Å². The Morgan fingerprint density at radius 1 is 0.852 bits per heavy atom. The monoisotopic (exact) mass is 384 g/mol. The minimum Gasteiger partial charge on any atom is -0.340 e. The van der Waals surface area contributed by atoms with Crippen LogP contribution < -0.4 is 9.62 Å². The van der Waals surface area contributed by atoms with Crippen LogP contribution in [-0.4, -0.2) is 21.2 Å². The van der Waals surface area contributed by atoms with E-state index in [1.54, 1.807) is 12.1 Å². The molecule has 0 spiro atoms. The molecular weight excluding hydrogens is 363 g/mol. The molecule has 0 aromatic heterocycles. The minimum absolute atomic E-state index is 0.354. The summed E-state index contributed by atoms with van der Waals surface area (Å²) >= 11 is 0. The minimum atomic E-state index is -3.46. The highest BCUT2D eigenvalue weighted by molar-refractivity contribution is 7.88. The Kier molecular flexibility index (Phi) is 5.88. The van der Waals surface area contributed by atoms with Gasteiger partial charge in [0.25, 0.3) is 0 Å². The topological polar surface area (TPSA) is 49.4 Å². The number of hydrogen-bond donors (Lipinski definition) is 1. The predicted molar refractivity (Wildman–Crippen MR) is 107 cm³/mol. The Bertz CT molecular complexity index is 923. The third-order valence-corrected chi connectivity index (χ3v) is 4.84. The average molecular weight is 384 g/mol. The van der Waals surface area contributed by atoms with Crippen molar-refractivity contribution in [1.82, 2.24) is 4.72 Å². The second-order valence-electron chi connectivity index (χ2n) is 6.28. The van der Waals surface area contributed by atoms with Gasteiger partial charge in [-0.25, -0.2) is 17.5 Å². The van der Waals surface area contributed by atoms with Crippen LogP contribution in [0.15, 0.2) is 84.9 Å². The van der Waals surface area contributed by atoms with Gasteiger partial charge in [-0.2, -0.15) is 0 Å². The SMILES string of the molecule is CS(=O)(=O)NC(CN(c1ccccc1)c1ccccc1)c1ccc(F)cc1. The fourth-order valence-electron chi connectivity index (χ4n) is 2.92. The molecule has 1 atom stereocenters. The third-order valence-electron chi connectivity index (χ3n) is 4.13. The van der Waals surface area contributed by atoms with Gasteiger partial charge in [0.15, 0.2) is 0 Å². The summed E-state index contributed by atoms with van der Waals surface area (Å²) in [5, 5.41) is 0. The van der Waals surface area contributed by atoms with Crippen LogP contribution in [0.3, 0.4) is 0 Å². The molecule has 0 saturated carbocycles. The quantitative estimate of drug-likeness (QED) is 0.662. The van der Waals surface area contributed by atoms with Crippen molar-refractivity contribution in [1.29, 1.82) is 0 Å². The van der Waals surface area contributed by atoms with Crippen LogP contribution in [0, 0.1) is 5.82 Å². The average Bonchev–Trinajstić information content (AvgIpc) is 2.66. The van der Waals surface area contributed by atoms with E-state index in [0.29, 0.717) is 12.1 Å². The maximum atomic E-state index is 13.3. The molecule has 1 N–H and O–H groups in total. The first kappa shape index (κ1) is 19.1. The summed E-state index contributed by atoms with van der Waals surface area (Å²) in [7, 11) is -3.46. The number of benzene rings is 3. The fourth-order valence-corrected chi connectivity index (χ4v) is 3.65. The van der Waals surface area contributed by atoms with Gasteiger partial charge in [0.2, 0.25) is 10.0 Å². The third kappa shape index (κ3) is 5.39. The standard InChI is InChI=1S/C21H21FN2O2S/c1-27(25,26)23-21(17-12-14-18(22)15-13-17)16-24(19-8-4-2-5-9-19)20-10-6-3-7-11-20/h2-15,21,23H,16H2,1H3. The Balaban J connectivity index is 2.00. The van der Waals surface area contributed by atoms with Crippen molar-refractivity contribution in [2.75, 3.05) is 17.7 Å². The Morgan fingerprint density at radius 2 is 1.33 bits per heavy atom. The number of anilines is 2. The smallest absolute Gasteiger partial charge is 0.209 e. The maximum Gasteiger partial charge on any atom is 0.209 e. The number of para-hydroxylation sites is 2. The molecule has 0 aliphatic carbocycles. The first-order chi connectivity index (χ1) is 12.9. The zero-order valence-corrected chi connectivity index (χ0v) is 15.7. The molecule has 0 radical (unpaired) electrons. The Hall–Kier alpha value is -2.70. The first-order valence-corrected chi connectivity index (χ1v) is 10.4. The van der Waals surface area contributed by atoms with Crippen molar-refractivity contribution in [3.8, 4) is 0 Å². The summed E-state index contributed by atoms with van der Waals surface area (Å²) in [6.07, 6.45) is 1.12. The van der Waals surface area contributed by atoms with Crippen molar-refractivity contribution in [3.63, 3.8) is 0 Å². The molecule has 6 heteroatoms. The molecule has 0 bridgehead atoms. The van der Waals surface area contributed by atoms with Crippen molar-refractivity contribution in [2.24, 2.45) is 0 Å². The first-order valence-electron chi connectivity index (χ1n) is 8.53. The van der Waals surface area contributed by atoms with E-state index in [2.05, 4.69) is 4.72 Å². The van der Waals surface area contributed by atoms with E-state index in [1.165, 1.54) is 12.1 Å². The molecule has 27 heavy (non-hydrogen) atoms. The van der Waals surface area contributed by atoms with Crippen LogP contribution in [-0.2, 0) is 10.0 Å². The highest BCUT2D eigenvalue weighted by Gasteiger charge is 2.21. The van der Waals surface area contributed by atoms with Gasteiger partial charge in [-0.05, 0) is 42.0 Å². The fraction of sp³-hybridized carbons (Fsp3) is 0.143. The molecule has 3 aromatic rings. The van der Waals surface area contributed by atoms with Gasteiger partial charge in [-0.1, -0.05) is 48.5 Å². The lowest BCUT2D eigenvalue weighted by Crippen LogP contribution is -2.35. The molecule has 0 saturated heterocycles. The lowest BCUT2D eigenvalue weighted by molar-refractivity contribution is 0.562. The van der Waals surface area contributed by atoms with Crippen molar-refractivity contribution >= 4 is 21.4 Å². The van der Waals surface area contributed by atoms with Gasteiger partial charge >= 0.3 is 0 Å². The molecule has 3 rings (SSSR count). The zero-order valence-electron chi connectivity index (χ0n) is 14.9. The summed E-state index contributed by atoms with van der Waals surface area (Å²) in [5.74, 6) is -0.361. The van der Waals surface area contributed by atoms with Crippen LogP contribution >= 0.6 is 0 Å². The van der Waals surface area contributed by atoms with Crippen LogP contribution in [0.4, 0.5) is 15.8 Å². The molecule has 3 aromatic carbocycles. The van der Waals surface area contributed by atoms with Crippen LogP contribution in [0.2, 0.25) is 0 Å². The molecule has 1 unspecified atom stereocenters. The van der Waals surface area contributed by atoms with E-state index in [9.17, 15) is 12.8 Å². The lowest BCUT2D eigenvalue weighted by atomic mass is 10.1. The van der Waals surface area contributed by atoms with Crippen molar-refractivity contribution < 1.29 is 12.8 Å². The number of hydrogen-bond acceptors (Lipinski definition) is 3. The second kappa shape index (κ2) is 8.33. The van der Waals surface area contributed by atoms with Gasteiger partial charge in [0.1, 0.15) is 5.82 Å². The van der Waals surface area contributed by atoms with Gasteiger partial charge in [-0.15, -0.1) is 0 Å². The Morgan fingerprint density at radius 3 is 1.78 bits per heavy atom. The van der Waals surface area contributed by atoms with E-state index >= 15 is 0 Å². The molecule has 0 fully saturated rings. The van der Waals surface area contributed by atoms with E-state index in [-0.39, 0.29) is 5.82 Å². The molecule has 4 nitrogen and oxygen atoms in total. The molecule has 0 aliphatic heterocycles. The highest BCUT2D eigenvalue weighted by atomic mass is 32.2. The van der Waals surface area contributed by atoms with E-state index in [1.807, 2.05) is 65.6 Å². The normalized spacial score (nSPS) is 12.5. The summed E-state index contributed by atoms with van der Waals surface area (Å²) in [6.45, 7) is 0.354. The highest BCUT2D eigenvalue weighted by Crippen LogP contribution is 2.28. The molecular formula is C21H21FN2O2S. The van der Waals surface area contributed by atoms with Gasteiger partial charge < -0.3 is 4.90 Å². The summed E-state index contributed by atoms with van der Waals surface area (Å²) < 4.78 is 39.9. The zero-order chi connectivity index (χ0) is 19.3. The maximum absolute atomic E-state index is 13.3. The number of nitrogens with one attached hydrogen (secondary N) is 1. The number of halogens is 1. The lowest BCUT2D eigenvalue weighted by Gasteiger charge is -2.30.